The van der Waals surface area contributed by atoms with Crippen molar-refractivity contribution in [3.8, 4) is 5.69 Å². The molecular formula is C14H20N6O2S. The number of hydrogen-bond acceptors (Lipinski definition) is 6. The largest absolute Gasteiger partial charge is 0.293 e. The smallest absolute Gasteiger partial charge is 0.213 e. The summed E-state index contributed by atoms with van der Waals surface area (Å²) in [6, 6.07) is 9.72. The van der Waals surface area contributed by atoms with Gasteiger partial charge in [-0.15, -0.1) is 5.10 Å². The van der Waals surface area contributed by atoms with Crippen molar-refractivity contribution in [1.29, 1.82) is 0 Å². The van der Waals surface area contributed by atoms with Gasteiger partial charge in [-0.1, -0.05) is 18.2 Å². The molecule has 124 valence electrons. The quantitative estimate of drug-likeness (QED) is 0.772. The molecule has 1 aromatic heterocycles. The van der Waals surface area contributed by atoms with Crippen LogP contribution in [-0.4, -0.2) is 69.8 Å². The van der Waals surface area contributed by atoms with Gasteiger partial charge in [-0.2, -0.15) is 8.99 Å². The second-order valence-corrected chi connectivity index (χ2v) is 7.68. The van der Waals surface area contributed by atoms with Gasteiger partial charge in [0.1, 0.15) is 0 Å². The highest BCUT2D eigenvalue weighted by atomic mass is 32.2. The topological polar surface area (TPSA) is 84.2 Å². The lowest BCUT2D eigenvalue weighted by Gasteiger charge is -2.33. The zero-order valence-corrected chi connectivity index (χ0v) is 13.9. The Morgan fingerprint density at radius 3 is 2.43 bits per heavy atom. The molecule has 3 rings (SSSR count). The molecule has 9 heteroatoms. The summed E-state index contributed by atoms with van der Waals surface area (Å²) < 4.78 is 27.1. The average Bonchev–Trinajstić information content (AvgIpc) is 3.04. The van der Waals surface area contributed by atoms with Crippen molar-refractivity contribution in [1.82, 2.24) is 29.4 Å². The van der Waals surface area contributed by atoms with Gasteiger partial charge >= 0.3 is 0 Å². The van der Waals surface area contributed by atoms with E-state index in [1.807, 2.05) is 30.3 Å². The van der Waals surface area contributed by atoms with E-state index < -0.39 is 10.0 Å². The van der Waals surface area contributed by atoms with Crippen LogP contribution >= 0.6 is 0 Å². The average molecular weight is 336 g/mol. The number of tetrazole rings is 1. The summed E-state index contributed by atoms with van der Waals surface area (Å²) in [5, 5.41) is 11.9. The van der Waals surface area contributed by atoms with E-state index in [1.54, 1.807) is 15.9 Å². The first kappa shape index (κ1) is 16.0. The van der Waals surface area contributed by atoms with Crippen molar-refractivity contribution in [3.63, 3.8) is 0 Å². The third kappa shape index (κ3) is 3.57. The van der Waals surface area contributed by atoms with Crippen LogP contribution in [0.3, 0.4) is 0 Å². The van der Waals surface area contributed by atoms with Crippen molar-refractivity contribution < 1.29 is 8.42 Å². The van der Waals surface area contributed by atoms with E-state index in [4.69, 9.17) is 0 Å². The maximum absolute atomic E-state index is 11.9. The molecule has 0 bridgehead atoms. The van der Waals surface area contributed by atoms with Crippen LogP contribution in [0.15, 0.2) is 30.3 Å². The van der Waals surface area contributed by atoms with E-state index in [-0.39, 0.29) is 5.75 Å². The van der Waals surface area contributed by atoms with Gasteiger partial charge in [0.25, 0.3) is 0 Å². The molecule has 0 aliphatic carbocycles. The van der Waals surface area contributed by atoms with Gasteiger partial charge < -0.3 is 0 Å². The van der Waals surface area contributed by atoms with Gasteiger partial charge in [0.2, 0.25) is 10.0 Å². The summed E-state index contributed by atoms with van der Waals surface area (Å²) in [6.45, 7) is 4.67. The Morgan fingerprint density at radius 2 is 1.78 bits per heavy atom. The van der Waals surface area contributed by atoms with Crippen LogP contribution in [0.2, 0.25) is 0 Å². The fourth-order valence-electron chi connectivity index (χ4n) is 2.62. The van der Waals surface area contributed by atoms with E-state index in [9.17, 15) is 8.42 Å². The fourth-order valence-corrected chi connectivity index (χ4v) is 3.71. The molecule has 0 atom stereocenters. The summed E-state index contributed by atoms with van der Waals surface area (Å²) in [4.78, 5) is 2.17. The lowest BCUT2D eigenvalue weighted by molar-refractivity contribution is 0.177. The Kier molecular flexibility index (Phi) is 4.69. The molecular weight excluding hydrogens is 316 g/mol. The second-order valence-electron chi connectivity index (χ2n) is 5.42. The Labute approximate surface area is 135 Å². The highest BCUT2D eigenvalue weighted by Gasteiger charge is 2.26. The Hall–Kier alpha value is -1.84. The normalized spacial score (nSPS) is 17.4. The maximum Gasteiger partial charge on any atom is 0.213 e. The number of benzene rings is 1. The molecule has 0 spiro atoms. The molecule has 1 aliphatic rings. The molecule has 1 aliphatic heterocycles. The predicted molar refractivity (Wildman–Crippen MR) is 85.5 cm³/mol. The van der Waals surface area contributed by atoms with Crippen molar-refractivity contribution >= 4 is 10.0 Å². The molecule has 1 saturated heterocycles. The van der Waals surface area contributed by atoms with E-state index >= 15 is 0 Å². The van der Waals surface area contributed by atoms with Crippen LogP contribution in [0, 0.1) is 0 Å². The third-order valence-corrected chi connectivity index (χ3v) is 5.87. The monoisotopic (exact) mass is 336 g/mol. The van der Waals surface area contributed by atoms with E-state index in [1.165, 1.54) is 0 Å². The highest BCUT2D eigenvalue weighted by molar-refractivity contribution is 7.89. The minimum absolute atomic E-state index is 0.152. The molecule has 8 nitrogen and oxygen atoms in total. The van der Waals surface area contributed by atoms with Crippen LogP contribution in [0.4, 0.5) is 0 Å². The third-order valence-electron chi connectivity index (χ3n) is 3.99. The number of sulfonamides is 1. The Balaban J connectivity index is 1.66. The molecule has 0 radical (unpaired) electrons. The van der Waals surface area contributed by atoms with E-state index in [0.717, 1.165) is 11.5 Å². The molecule has 0 saturated carbocycles. The lowest BCUT2D eigenvalue weighted by atomic mass is 10.3. The first-order chi connectivity index (χ1) is 11.1. The zero-order valence-electron chi connectivity index (χ0n) is 13.0. The molecule has 0 N–H and O–H groups in total. The van der Waals surface area contributed by atoms with Gasteiger partial charge in [-0.3, -0.25) is 4.90 Å². The van der Waals surface area contributed by atoms with Gasteiger partial charge in [0.05, 0.1) is 18.0 Å². The van der Waals surface area contributed by atoms with Crippen molar-refractivity contribution in [3.05, 3.63) is 36.2 Å². The Morgan fingerprint density at radius 1 is 1.09 bits per heavy atom. The highest BCUT2D eigenvalue weighted by Crippen LogP contribution is 2.12. The lowest BCUT2D eigenvalue weighted by Crippen LogP contribution is -2.48. The number of hydrogen-bond donors (Lipinski definition) is 0. The molecule has 0 amide bonds. The first-order valence-electron chi connectivity index (χ1n) is 7.63. The van der Waals surface area contributed by atoms with Gasteiger partial charge in [0.15, 0.2) is 5.82 Å². The minimum Gasteiger partial charge on any atom is -0.293 e. The SMILES string of the molecule is CCS(=O)(=O)N1CCN(Cc2nnnn2-c2ccccc2)CC1. The summed E-state index contributed by atoms with van der Waals surface area (Å²) >= 11 is 0. The van der Waals surface area contributed by atoms with Crippen LogP contribution in [-0.2, 0) is 16.6 Å². The van der Waals surface area contributed by atoms with Crippen LogP contribution in [0.25, 0.3) is 5.69 Å². The number of para-hydroxylation sites is 1. The molecule has 1 aromatic carbocycles. The minimum atomic E-state index is -3.10. The zero-order chi connectivity index (χ0) is 16.3. The van der Waals surface area contributed by atoms with E-state index in [0.29, 0.717) is 32.7 Å². The van der Waals surface area contributed by atoms with Crippen molar-refractivity contribution in [2.24, 2.45) is 0 Å². The molecule has 2 aromatic rings. The van der Waals surface area contributed by atoms with E-state index in [2.05, 4.69) is 20.4 Å². The summed E-state index contributed by atoms with van der Waals surface area (Å²) in [6.07, 6.45) is 0. The molecule has 1 fully saturated rings. The van der Waals surface area contributed by atoms with Gasteiger partial charge in [0, 0.05) is 26.2 Å². The summed E-state index contributed by atoms with van der Waals surface area (Å²) in [7, 11) is -3.10. The Bertz CT molecular complexity index is 738. The maximum atomic E-state index is 11.9. The molecule has 2 heterocycles. The second kappa shape index (κ2) is 6.73. The van der Waals surface area contributed by atoms with Crippen molar-refractivity contribution in [2.45, 2.75) is 13.5 Å². The molecule has 0 unspecified atom stereocenters. The van der Waals surface area contributed by atoms with Crippen LogP contribution in [0.5, 0.6) is 0 Å². The summed E-state index contributed by atoms with van der Waals surface area (Å²) in [5.41, 5.74) is 0.916. The predicted octanol–water partition coefficient (Wildman–Crippen LogP) is 0.130. The fraction of sp³-hybridized carbons (Fsp3) is 0.500. The standard InChI is InChI=1S/C14H20N6O2S/c1-2-23(21,22)19-10-8-18(9-11-19)12-14-15-16-17-20(14)13-6-4-3-5-7-13/h3-7H,2,8-12H2,1H3. The van der Waals surface area contributed by atoms with Gasteiger partial charge in [-0.25, -0.2) is 8.42 Å². The van der Waals surface area contributed by atoms with Gasteiger partial charge in [-0.05, 0) is 29.5 Å². The number of nitrogens with zero attached hydrogens (tertiary/aromatic N) is 6. The van der Waals surface area contributed by atoms with Crippen molar-refractivity contribution in [2.75, 3.05) is 31.9 Å². The number of rotatable bonds is 5. The van der Waals surface area contributed by atoms with Crippen LogP contribution < -0.4 is 0 Å². The number of aromatic nitrogens is 4. The molecule has 23 heavy (non-hydrogen) atoms. The number of piperazine rings is 1. The first-order valence-corrected chi connectivity index (χ1v) is 9.24. The van der Waals surface area contributed by atoms with Crippen LogP contribution in [0.1, 0.15) is 12.7 Å². The summed E-state index contributed by atoms with van der Waals surface area (Å²) in [5.74, 6) is 0.905.